The van der Waals surface area contributed by atoms with Crippen molar-refractivity contribution in [3.63, 3.8) is 0 Å². The lowest BCUT2D eigenvalue weighted by atomic mass is 10.2. The Labute approximate surface area is 109 Å². The number of aromatic nitrogens is 2. The van der Waals surface area contributed by atoms with Gasteiger partial charge in [-0.1, -0.05) is 31.5 Å². The first-order valence-corrected chi connectivity index (χ1v) is 7.36. The highest BCUT2D eigenvalue weighted by atomic mass is 32.2. The van der Waals surface area contributed by atoms with E-state index in [9.17, 15) is 0 Å². The molecule has 96 valence electrons. The van der Waals surface area contributed by atoms with Crippen LogP contribution in [0.2, 0.25) is 0 Å². The molecule has 1 N–H and O–H groups in total. The monoisotopic (exact) mass is 253 g/mol. The fraction of sp³-hybridized carbons (Fsp3) is 0.692. The molecule has 1 aromatic rings. The van der Waals surface area contributed by atoms with E-state index in [0.29, 0.717) is 0 Å². The maximum Gasteiger partial charge on any atom is 0.188 e. The van der Waals surface area contributed by atoms with Crippen LogP contribution in [-0.4, -0.2) is 28.8 Å². The van der Waals surface area contributed by atoms with Gasteiger partial charge in [-0.25, -0.2) is 9.97 Å². The van der Waals surface area contributed by atoms with Gasteiger partial charge in [0.15, 0.2) is 5.16 Å². The van der Waals surface area contributed by atoms with E-state index in [2.05, 4.69) is 22.2 Å². The van der Waals surface area contributed by atoms with Crippen LogP contribution in [0.1, 0.15) is 37.6 Å². The van der Waals surface area contributed by atoms with Crippen LogP contribution in [0.4, 0.5) is 0 Å². The van der Waals surface area contributed by atoms with E-state index in [-0.39, 0.29) is 0 Å². The summed E-state index contributed by atoms with van der Waals surface area (Å²) in [7, 11) is 0. The summed E-state index contributed by atoms with van der Waals surface area (Å²) in [6, 6.07) is 2.01. The predicted molar refractivity (Wildman–Crippen MR) is 74.6 cm³/mol. The lowest BCUT2D eigenvalue weighted by Gasteiger charge is -2.04. The molecular weight excluding hydrogens is 230 g/mol. The molecule has 0 unspecified atom stereocenters. The van der Waals surface area contributed by atoms with Crippen molar-refractivity contribution in [2.24, 2.45) is 0 Å². The highest BCUT2D eigenvalue weighted by Gasteiger charge is 1.99. The molecule has 0 fully saturated rings. The molecule has 0 spiro atoms. The van der Waals surface area contributed by atoms with Crippen LogP contribution in [0, 0.1) is 13.8 Å². The fourth-order valence-electron chi connectivity index (χ4n) is 1.60. The van der Waals surface area contributed by atoms with E-state index in [0.717, 1.165) is 35.4 Å². The summed E-state index contributed by atoms with van der Waals surface area (Å²) < 4.78 is 0. The van der Waals surface area contributed by atoms with Crippen molar-refractivity contribution < 1.29 is 0 Å². The highest BCUT2D eigenvalue weighted by molar-refractivity contribution is 7.99. The molecular formula is C13H23N3S. The SMILES string of the molecule is CCCCCNCCSc1nc(C)cc(C)n1. The third-order valence-electron chi connectivity index (χ3n) is 2.43. The van der Waals surface area contributed by atoms with E-state index >= 15 is 0 Å². The van der Waals surface area contributed by atoms with Crippen molar-refractivity contribution in [3.8, 4) is 0 Å². The zero-order valence-corrected chi connectivity index (χ0v) is 11.9. The Kier molecular flexibility index (Phi) is 7.21. The van der Waals surface area contributed by atoms with Gasteiger partial charge in [-0.2, -0.15) is 0 Å². The Morgan fingerprint density at radius 2 is 1.82 bits per heavy atom. The molecule has 4 heteroatoms. The highest BCUT2D eigenvalue weighted by Crippen LogP contribution is 2.12. The first kappa shape index (κ1) is 14.5. The summed E-state index contributed by atoms with van der Waals surface area (Å²) in [5.74, 6) is 1.04. The molecule has 0 saturated heterocycles. The van der Waals surface area contributed by atoms with Crippen LogP contribution < -0.4 is 5.32 Å². The minimum absolute atomic E-state index is 0.901. The van der Waals surface area contributed by atoms with Gasteiger partial charge in [-0.3, -0.25) is 0 Å². The van der Waals surface area contributed by atoms with Gasteiger partial charge in [0, 0.05) is 23.7 Å². The number of thioether (sulfide) groups is 1. The molecule has 0 aliphatic heterocycles. The second-order valence-corrected chi connectivity index (χ2v) is 5.30. The standard InChI is InChI=1S/C13H23N3S/c1-4-5-6-7-14-8-9-17-13-15-11(2)10-12(3)16-13/h10,14H,4-9H2,1-3H3. The van der Waals surface area contributed by atoms with E-state index < -0.39 is 0 Å². The minimum Gasteiger partial charge on any atom is -0.316 e. The second kappa shape index (κ2) is 8.48. The number of nitrogens with one attached hydrogen (secondary N) is 1. The minimum atomic E-state index is 0.901. The van der Waals surface area contributed by atoms with Crippen LogP contribution in [0.25, 0.3) is 0 Å². The molecule has 0 atom stereocenters. The third-order valence-corrected chi connectivity index (χ3v) is 3.28. The molecule has 0 aliphatic rings. The molecule has 0 bridgehead atoms. The summed E-state index contributed by atoms with van der Waals surface area (Å²) in [5, 5.41) is 4.34. The molecule has 0 aliphatic carbocycles. The Bertz CT molecular complexity index is 308. The van der Waals surface area contributed by atoms with Crippen molar-refractivity contribution in [1.29, 1.82) is 0 Å². The lowest BCUT2D eigenvalue weighted by Crippen LogP contribution is -2.18. The Morgan fingerprint density at radius 3 is 2.47 bits per heavy atom. The van der Waals surface area contributed by atoms with Crippen molar-refractivity contribution in [3.05, 3.63) is 17.5 Å². The zero-order chi connectivity index (χ0) is 12.5. The molecule has 1 heterocycles. The van der Waals surface area contributed by atoms with Crippen LogP contribution in [-0.2, 0) is 0 Å². The number of unbranched alkanes of at least 4 members (excludes halogenated alkanes) is 2. The van der Waals surface area contributed by atoms with Gasteiger partial charge in [0.25, 0.3) is 0 Å². The summed E-state index contributed by atoms with van der Waals surface area (Å²) in [6.07, 6.45) is 3.88. The van der Waals surface area contributed by atoms with E-state index in [4.69, 9.17) is 0 Å². The van der Waals surface area contributed by atoms with Gasteiger partial charge in [-0.05, 0) is 32.9 Å². The number of rotatable bonds is 8. The van der Waals surface area contributed by atoms with Gasteiger partial charge < -0.3 is 5.32 Å². The molecule has 0 amide bonds. The average molecular weight is 253 g/mol. The van der Waals surface area contributed by atoms with Gasteiger partial charge in [-0.15, -0.1) is 0 Å². The van der Waals surface area contributed by atoms with Crippen LogP contribution in [0.3, 0.4) is 0 Å². The summed E-state index contributed by atoms with van der Waals surface area (Å²) >= 11 is 1.73. The number of nitrogens with zero attached hydrogens (tertiary/aromatic N) is 2. The zero-order valence-electron chi connectivity index (χ0n) is 11.1. The van der Waals surface area contributed by atoms with Gasteiger partial charge in [0.2, 0.25) is 0 Å². The summed E-state index contributed by atoms with van der Waals surface area (Å²) in [6.45, 7) is 8.42. The quantitative estimate of drug-likeness (QED) is 0.439. The Morgan fingerprint density at radius 1 is 1.12 bits per heavy atom. The van der Waals surface area contributed by atoms with Crippen LogP contribution in [0.5, 0.6) is 0 Å². The number of aryl methyl sites for hydroxylation is 2. The summed E-state index contributed by atoms with van der Waals surface area (Å²) in [4.78, 5) is 8.81. The van der Waals surface area contributed by atoms with E-state index in [1.54, 1.807) is 11.8 Å². The smallest absolute Gasteiger partial charge is 0.188 e. The topological polar surface area (TPSA) is 37.8 Å². The fourth-order valence-corrected chi connectivity index (χ4v) is 2.44. The Hall–Kier alpha value is -0.610. The first-order valence-electron chi connectivity index (χ1n) is 6.38. The molecule has 1 aromatic heterocycles. The van der Waals surface area contributed by atoms with E-state index in [1.165, 1.54) is 19.3 Å². The van der Waals surface area contributed by atoms with E-state index in [1.807, 2.05) is 19.9 Å². The van der Waals surface area contributed by atoms with Gasteiger partial charge >= 0.3 is 0 Å². The Balaban J connectivity index is 2.13. The first-order chi connectivity index (χ1) is 8.22. The maximum atomic E-state index is 4.41. The number of hydrogen-bond donors (Lipinski definition) is 1. The van der Waals surface area contributed by atoms with Crippen molar-refractivity contribution in [2.75, 3.05) is 18.8 Å². The average Bonchev–Trinajstić information content (AvgIpc) is 2.26. The normalized spacial score (nSPS) is 10.8. The van der Waals surface area contributed by atoms with Crippen molar-refractivity contribution in [2.45, 2.75) is 45.2 Å². The van der Waals surface area contributed by atoms with Crippen molar-refractivity contribution >= 4 is 11.8 Å². The molecule has 0 saturated carbocycles. The maximum absolute atomic E-state index is 4.41. The summed E-state index contributed by atoms with van der Waals surface area (Å²) in [5.41, 5.74) is 2.10. The number of hydrogen-bond acceptors (Lipinski definition) is 4. The lowest BCUT2D eigenvalue weighted by molar-refractivity contribution is 0.635. The van der Waals surface area contributed by atoms with Crippen LogP contribution in [0.15, 0.2) is 11.2 Å². The predicted octanol–water partition coefficient (Wildman–Crippen LogP) is 2.97. The molecule has 0 radical (unpaired) electrons. The largest absolute Gasteiger partial charge is 0.316 e. The molecule has 0 aromatic carbocycles. The van der Waals surface area contributed by atoms with Crippen molar-refractivity contribution in [1.82, 2.24) is 15.3 Å². The van der Waals surface area contributed by atoms with Crippen LogP contribution >= 0.6 is 11.8 Å². The second-order valence-electron chi connectivity index (χ2n) is 4.24. The molecule has 3 nitrogen and oxygen atoms in total. The van der Waals surface area contributed by atoms with Gasteiger partial charge in [0.05, 0.1) is 0 Å². The van der Waals surface area contributed by atoms with Gasteiger partial charge in [0.1, 0.15) is 0 Å². The molecule has 17 heavy (non-hydrogen) atoms. The molecule has 1 rings (SSSR count). The third kappa shape index (κ3) is 6.64.